The number of benzodiazepines with no additional fused rings is 1. The number of carbonyl (C=O) groups excluding carboxylic acids is 1. The molecule has 1 aromatic heterocycles. The number of aliphatic imine (C=N–C) groups is 1. The summed E-state index contributed by atoms with van der Waals surface area (Å²) in [5, 5.41) is 3.62. The van der Waals surface area contributed by atoms with Crippen LogP contribution >= 0.6 is 34.2 Å². The number of amides is 1. The number of rotatable bonds is 3. The second-order valence-corrected chi connectivity index (χ2v) is 8.96. The Morgan fingerprint density at radius 1 is 0.968 bits per heavy atom. The summed E-state index contributed by atoms with van der Waals surface area (Å²) < 4.78 is 1.03. The Bertz CT molecular complexity index is 1420. The SMILES string of the molecule is O=C1Nc2ccc(I)cc2C(c2ccc3[nH]c(=O)[nH]c3c2)=NC1Cc1ccccc1Cl. The van der Waals surface area contributed by atoms with Gasteiger partial charge in [0, 0.05) is 26.1 Å². The lowest BCUT2D eigenvalue weighted by molar-refractivity contribution is -0.117. The molecular formula is C23H16ClIN4O2. The zero-order valence-electron chi connectivity index (χ0n) is 16.1. The number of halogens is 2. The van der Waals surface area contributed by atoms with E-state index in [9.17, 15) is 9.59 Å². The minimum absolute atomic E-state index is 0.187. The maximum absolute atomic E-state index is 13.1. The molecule has 6 nitrogen and oxygen atoms in total. The van der Waals surface area contributed by atoms with E-state index in [-0.39, 0.29) is 11.6 Å². The van der Waals surface area contributed by atoms with E-state index in [0.29, 0.717) is 33.9 Å². The molecule has 2 heterocycles. The first-order chi connectivity index (χ1) is 15.0. The van der Waals surface area contributed by atoms with Crippen LogP contribution in [0.25, 0.3) is 11.0 Å². The summed E-state index contributed by atoms with van der Waals surface area (Å²) in [5.74, 6) is -0.187. The van der Waals surface area contributed by atoms with E-state index >= 15 is 0 Å². The average Bonchev–Trinajstić information content (AvgIpc) is 3.06. The minimum Gasteiger partial charge on any atom is -0.324 e. The third-order valence-electron chi connectivity index (χ3n) is 5.24. The van der Waals surface area contributed by atoms with Crippen LogP contribution in [-0.4, -0.2) is 27.6 Å². The van der Waals surface area contributed by atoms with E-state index in [2.05, 4.69) is 37.9 Å². The maximum atomic E-state index is 13.1. The predicted octanol–water partition coefficient (Wildman–Crippen LogP) is 4.52. The van der Waals surface area contributed by atoms with Crippen molar-refractivity contribution in [3.05, 3.63) is 96.4 Å². The van der Waals surface area contributed by atoms with Crippen LogP contribution in [-0.2, 0) is 11.2 Å². The Hall–Kier alpha value is -2.91. The molecule has 3 aromatic carbocycles. The second kappa shape index (κ2) is 7.97. The molecule has 1 aliphatic heterocycles. The van der Waals surface area contributed by atoms with Crippen LogP contribution in [0.3, 0.4) is 0 Å². The molecule has 0 saturated carbocycles. The van der Waals surface area contributed by atoms with Gasteiger partial charge in [0.05, 0.1) is 22.4 Å². The molecule has 0 fully saturated rings. The number of hydrogen-bond donors (Lipinski definition) is 3. The molecule has 0 spiro atoms. The quantitative estimate of drug-likeness (QED) is 0.333. The molecule has 8 heteroatoms. The molecule has 1 aliphatic rings. The van der Waals surface area contributed by atoms with Crippen molar-refractivity contribution in [3.8, 4) is 0 Å². The molecule has 1 unspecified atom stereocenters. The number of nitrogens with zero attached hydrogens (tertiary/aromatic N) is 1. The Labute approximate surface area is 195 Å². The maximum Gasteiger partial charge on any atom is 0.323 e. The summed E-state index contributed by atoms with van der Waals surface area (Å²) in [5.41, 5.74) is 5.03. The van der Waals surface area contributed by atoms with Gasteiger partial charge in [-0.05, 0) is 64.6 Å². The summed E-state index contributed by atoms with van der Waals surface area (Å²) in [4.78, 5) is 35.2. The van der Waals surface area contributed by atoms with Crippen molar-refractivity contribution in [2.75, 3.05) is 5.32 Å². The lowest BCUT2D eigenvalue weighted by Crippen LogP contribution is -2.27. The van der Waals surface area contributed by atoms with Gasteiger partial charge in [-0.25, -0.2) is 4.79 Å². The van der Waals surface area contributed by atoms with Crippen molar-refractivity contribution in [3.63, 3.8) is 0 Å². The number of imidazole rings is 1. The molecule has 1 amide bonds. The second-order valence-electron chi connectivity index (χ2n) is 7.31. The van der Waals surface area contributed by atoms with Crippen LogP contribution in [0, 0.1) is 3.57 Å². The highest BCUT2D eigenvalue weighted by Crippen LogP contribution is 2.28. The highest BCUT2D eigenvalue weighted by molar-refractivity contribution is 14.1. The van der Waals surface area contributed by atoms with Crippen LogP contribution < -0.4 is 11.0 Å². The number of aromatic amines is 2. The van der Waals surface area contributed by atoms with E-state index in [0.717, 1.165) is 20.3 Å². The molecule has 154 valence electrons. The highest BCUT2D eigenvalue weighted by atomic mass is 127. The molecule has 3 N–H and O–H groups in total. The fourth-order valence-corrected chi connectivity index (χ4v) is 4.45. The van der Waals surface area contributed by atoms with Gasteiger partial charge in [0.2, 0.25) is 5.91 Å². The van der Waals surface area contributed by atoms with Crippen molar-refractivity contribution >= 4 is 62.5 Å². The Balaban J connectivity index is 1.67. The van der Waals surface area contributed by atoms with Crippen LogP contribution in [0.2, 0.25) is 5.02 Å². The number of nitrogens with one attached hydrogen (secondary N) is 3. The van der Waals surface area contributed by atoms with Gasteiger partial charge in [0.25, 0.3) is 0 Å². The Morgan fingerprint density at radius 2 is 1.77 bits per heavy atom. The summed E-state index contributed by atoms with van der Waals surface area (Å²) in [7, 11) is 0. The van der Waals surface area contributed by atoms with E-state index in [4.69, 9.17) is 16.6 Å². The fourth-order valence-electron chi connectivity index (χ4n) is 3.74. The number of benzene rings is 3. The van der Waals surface area contributed by atoms with Gasteiger partial charge < -0.3 is 15.3 Å². The molecule has 0 aliphatic carbocycles. The third kappa shape index (κ3) is 3.90. The van der Waals surface area contributed by atoms with Crippen molar-refractivity contribution in [2.24, 2.45) is 4.99 Å². The third-order valence-corrected chi connectivity index (χ3v) is 6.28. The topological polar surface area (TPSA) is 90.1 Å². The first-order valence-corrected chi connectivity index (χ1v) is 11.1. The van der Waals surface area contributed by atoms with Gasteiger partial charge in [-0.3, -0.25) is 9.79 Å². The van der Waals surface area contributed by atoms with Crippen molar-refractivity contribution in [2.45, 2.75) is 12.5 Å². The number of anilines is 1. The van der Waals surface area contributed by atoms with E-state index < -0.39 is 6.04 Å². The smallest absolute Gasteiger partial charge is 0.323 e. The van der Waals surface area contributed by atoms with Crippen molar-refractivity contribution in [1.82, 2.24) is 9.97 Å². The highest BCUT2D eigenvalue weighted by Gasteiger charge is 2.27. The van der Waals surface area contributed by atoms with Gasteiger partial charge in [-0.1, -0.05) is 35.9 Å². The number of carbonyl (C=O) groups is 1. The largest absolute Gasteiger partial charge is 0.324 e. The zero-order valence-corrected chi connectivity index (χ0v) is 19.0. The van der Waals surface area contributed by atoms with E-state index in [1.807, 2.05) is 60.7 Å². The summed E-state index contributed by atoms with van der Waals surface area (Å²) >= 11 is 8.59. The van der Waals surface area contributed by atoms with E-state index in [1.165, 1.54) is 0 Å². The van der Waals surface area contributed by atoms with E-state index in [1.54, 1.807) is 0 Å². The number of aromatic nitrogens is 2. The van der Waals surface area contributed by atoms with Crippen LogP contribution in [0.5, 0.6) is 0 Å². The standard InChI is InChI=1S/C23H16ClIN4O2/c24-16-4-2-1-3-12(16)9-20-22(30)27-17-8-6-14(25)11-15(17)21(26-20)13-5-7-18-19(10-13)29-23(31)28-18/h1-8,10-11,20H,9H2,(H,27,30)(H2,28,29,31). The number of hydrogen-bond acceptors (Lipinski definition) is 3. The molecule has 0 radical (unpaired) electrons. The lowest BCUT2D eigenvalue weighted by atomic mass is 10.00. The van der Waals surface area contributed by atoms with Crippen molar-refractivity contribution in [1.29, 1.82) is 0 Å². The molecule has 5 rings (SSSR count). The molecular weight excluding hydrogens is 527 g/mol. The zero-order chi connectivity index (χ0) is 21.5. The van der Waals surface area contributed by atoms with Gasteiger partial charge in [-0.15, -0.1) is 0 Å². The van der Waals surface area contributed by atoms with Crippen LogP contribution in [0.15, 0.2) is 70.5 Å². The normalized spacial score (nSPS) is 15.9. The molecule has 0 saturated heterocycles. The van der Waals surface area contributed by atoms with Crippen LogP contribution in [0.4, 0.5) is 5.69 Å². The molecule has 31 heavy (non-hydrogen) atoms. The molecule has 4 aromatic rings. The van der Waals surface area contributed by atoms with Gasteiger partial charge >= 0.3 is 5.69 Å². The van der Waals surface area contributed by atoms with Gasteiger partial charge in [0.1, 0.15) is 6.04 Å². The molecule has 0 bridgehead atoms. The first-order valence-electron chi connectivity index (χ1n) is 9.62. The Kier molecular flexibility index (Phi) is 5.15. The van der Waals surface area contributed by atoms with Crippen LogP contribution in [0.1, 0.15) is 16.7 Å². The predicted molar refractivity (Wildman–Crippen MR) is 131 cm³/mol. The number of H-pyrrole nitrogens is 2. The minimum atomic E-state index is -0.652. The monoisotopic (exact) mass is 542 g/mol. The Morgan fingerprint density at radius 3 is 2.61 bits per heavy atom. The average molecular weight is 543 g/mol. The van der Waals surface area contributed by atoms with Gasteiger partial charge in [0.15, 0.2) is 0 Å². The van der Waals surface area contributed by atoms with Crippen molar-refractivity contribution < 1.29 is 4.79 Å². The lowest BCUT2D eigenvalue weighted by Gasteiger charge is -2.12. The summed E-state index contributed by atoms with van der Waals surface area (Å²) in [6.07, 6.45) is 0.378. The molecule has 1 atom stereocenters. The summed E-state index contributed by atoms with van der Waals surface area (Å²) in [6, 6.07) is 18.3. The summed E-state index contributed by atoms with van der Waals surface area (Å²) in [6.45, 7) is 0. The first kappa shape index (κ1) is 20.0. The van der Waals surface area contributed by atoms with Gasteiger partial charge in [-0.2, -0.15) is 0 Å². The number of fused-ring (bicyclic) bond motifs is 2. The fraction of sp³-hybridized carbons (Fsp3) is 0.0870.